The highest BCUT2D eigenvalue weighted by atomic mass is 16.5. The summed E-state index contributed by atoms with van der Waals surface area (Å²) in [4.78, 5) is 2.41. The van der Waals surface area contributed by atoms with E-state index in [4.69, 9.17) is 10.5 Å². The Bertz CT molecular complexity index is 384. The highest BCUT2D eigenvalue weighted by molar-refractivity contribution is 5.60. The first-order valence-electron chi connectivity index (χ1n) is 6.97. The molecule has 1 heterocycles. The van der Waals surface area contributed by atoms with Crippen molar-refractivity contribution in [1.82, 2.24) is 0 Å². The van der Waals surface area contributed by atoms with Gasteiger partial charge < -0.3 is 15.4 Å². The Morgan fingerprint density at radius 3 is 2.67 bits per heavy atom. The lowest BCUT2D eigenvalue weighted by Gasteiger charge is -2.32. The summed E-state index contributed by atoms with van der Waals surface area (Å²) >= 11 is 0. The summed E-state index contributed by atoms with van der Waals surface area (Å²) in [6, 6.07) is 6.07. The lowest BCUT2D eigenvalue weighted by Crippen LogP contribution is -2.32. The van der Waals surface area contributed by atoms with Gasteiger partial charge in [-0.15, -0.1) is 0 Å². The fraction of sp³-hybridized carbons (Fsp3) is 0.600. The fourth-order valence-corrected chi connectivity index (χ4v) is 2.36. The van der Waals surface area contributed by atoms with Crippen LogP contribution in [0.5, 0.6) is 5.75 Å². The molecule has 0 bridgehead atoms. The van der Waals surface area contributed by atoms with Crippen molar-refractivity contribution in [2.24, 2.45) is 5.92 Å². The van der Waals surface area contributed by atoms with Gasteiger partial charge in [-0.2, -0.15) is 0 Å². The van der Waals surface area contributed by atoms with E-state index in [0.29, 0.717) is 0 Å². The number of nitrogens with two attached hydrogens (primary N) is 1. The SMILES string of the molecule is CCCOc1cc(N)cc(N2CCC(C)CC2)c1. The molecule has 2 N–H and O–H groups in total. The standard InChI is InChI=1S/C15H24N2O/c1-3-8-18-15-10-13(16)9-14(11-15)17-6-4-12(2)5-7-17/h9-12H,3-8,16H2,1-2H3. The summed E-state index contributed by atoms with van der Waals surface area (Å²) in [5.41, 5.74) is 7.95. The van der Waals surface area contributed by atoms with Crippen molar-refractivity contribution in [2.45, 2.75) is 33.1 Å². The van der Waals surface area contributed by atoms with Crippen molar-refractivity contribution < 1.29 is 4.74 Å². The van der Waals surface area contributed by atoms with Crippen LogP contribution in [0.25, 0.3) is 0 Å². The van der Waals surface area contributed by atoms with Gasteiger partial charge in [0.05, 0.1) is 6.61 Å². The molecule has 0 amide bonds. The highest BCUT2D eigenvalue weighted by Crippen LogP contribution is 2.29. The van der Waals surface area contributed by atoms with Gasteiger partial charge in [0.25, 0.3) is 0 Å². The molecule has 0 unspecified atom stereocenters. The molecule has 1 aliphatic heterocycles. The van der Waals surface area contributed by atoms with Gasteiger partial charge in [-0.1, -0.05) is 13.8 Å². The number of piperidine rings is 1. The van der Waals surface area contributed by atoms with E-state index >= 15 is 0 Å². The lowest BCUT2D eigenvalue weighted by atomic mass is 9.99. The predicted molar refractivity (Wildman–Crippen MR) is 77.3 cm³/mol. The van der Waals surface area contributed by atoms with E-state index in [1.54, 1.807) is 0 Å². The number of nitrogens with zero attached hydrogens (tertiary/aromatic N) is 1. The first-order valence-corrected chi connectivity index (χ1v) is 6.97. The average Bonchev–Trinajstić information content (AvgIpc) is 2.36. The fourth-order valence-electron chi connectivity index (χ4n) is 2.36. The highest BCUT2D eigenvalue weighted by Gasteiger charge is 2.16. The van der Waals surface area contributed by atoms with Crippen LogP contribution in [0.1, 0.15) is 33.1 Å². The van der Waals surface area contributed by atoms with Crippen molar-refractivity contribution in [2.75, 3.05) is 30.3 Å². The molecular weight excluding hydrogens is 224 g/mol. The molecule has 0 aliphatic carbocycles. The second-order valence-electron chi connectivity index (χ2n) is 5.28. The van der Waals surface area contributed by atoms with Gasteiger partial charge in [0.15, 0.2) is 0 Å². The number of ether oxygens (including phenoxy) is 1. The maximum atomic E-state index is 5.96. The Morgan fingerprint density at radius 2 is 2.00 bits per heavy atom. The van der Waals surface area contributed by atoms with Crippen molar-refractivity contribution in [1.29, 1.82) is 0 Å². The molecule has 0 radical (unpaired) electrons. The smallest absolute Gasteiger partial charge is 0.123 e. The quantitative estimate of drug-likeness (QED) is 0.831. The van der Waals surface area contributed by atoms with Crippen molar-refractivity contribution >= 4 is 11.4 Å². The molecule has 1 aromatic carbocycles. The molecule has 2 rings (SSSR count). The normalized spacial score (nSPS) is 16.9. The van der Waals surface area contributed by atoms with Gasteiger partial charge in [0.2, 0.25) is 0 Å². The summed E-state index contributed by atoms with van der Waals surface area (Å²) in [5.74, 6) is 1.74. The van der Waals surface area contributed by atoms with E-state index in [0.717, 1.165) is 43.5 Å². The molecule has 1 saturated heterocycles. The minimum Gasteiger partial charge on any atom is -0.493 e. The topological polar surface area (TPSA) is 38.5 Å². The number of anilines is 2. The van der Waals surface area contributed by atoms with Crippen LogP contribution in [0, 0.1) is 5.92 Å². The molecule has 0 atom stereocenters. The predicted octanol–water partition coefficient (Wildman–Crippen LogP) is 3.29. The third kappa shape index (κ3) is 3.31. The van der Waals surface area contributed by atoms with Crippen LogP contribution < -0.4 is 15.4 Å². The minimum atomic E-state index is 0.750. The summed E-state index contributed by atoms with van der Waals surface area (Å²) in [7, 11) is 0. The summed E-state index contributed by atoms with van der Waals surface area (Å²) < 4.78 is 5.68. The summed E-state index contributed by atoms with van der Waals surface area (Å²) in [5, 5.41) is 0. The number of hydrogen-bond donors (Lipinski definition) is 1. The molecule has 3 nitrogen and oxygen atoms in total. The zero-order valence-electron chi connectivity index (χ0n) is 11.5. The number of nitrogen functional groups attached to an aromatic ring is 1. The van der Waals surface area contributed by atoms with Crippen LogP contribution in [-0.4, -0.2) is 19.7 Å². The van der Waals surface area contributed by atoms with Crippen LogP contribution in [0.3, 0.4) is 0 Å². The maximum Gasteiger partial charge on any atom is 0.123 e. The van der Waals surface area contributed by atoms with E-state index < -0.39 is 0 Å². The van der Waals surface area contributed by atoms with Gasteiger partial charge >= 0.3 is 0 Å². The lowest BCUT2D eigenvalue weighted by molar-refractivity contribution is 0.317. The number of rotatable bonds is 4. The minimum absolute atomic E-state index is 0.750. The van der Waals surface area contributed by atoms with E-state index in [1.807, 2.05) is 6.07 Å². The zero-order valence-corrected chi connectivity index (χ0v) is 11.5. The first kappa shape index (κ1) is 13.1. The Kier molecular flexibility index (Phi) is 4.34. The van der Waals surface area contributed by atoms with E-state index in [1.165, 1.54) is 18.5 Å². The third-order valence-electron chi connectivity index (χ3n) is 3.54. The van der Waals surface area contributed by atoms with Crippen molar-refractivity contribution in [3.05, 3.63) is 18.2 Å². The first-order chi connectivity index (χ1) is 8.69. The van der Waals surface area contributed by atoms with Gasteiger partial charge in [-0.25, -0.2) is 0 Å². The molecule has 18 heavy (non-hydrogen) atoms. The van der Waals surface area contributed by atoms with Crippen molar-refractivity contribution in [3.8, 4) is 5.75 Å². The molecule has 1 aliphatic rings. The number of hydrogen-bond acceptors (Lipinski definition) is 3. The van der Waals surface area contributed by atoms with Gasteiger partial charge in [-0.05, 0) is 31.2 Å². The van der Waals surface area contributed by atoms with E-state index in [9.17, 15) is 0 Å². The molecule has 1 aromatic rings. The second kappa shape index (κ2) is 5.98. The van der Waals surface area contributed by atoms with E-state index in [2.05, 4.69) is 30.9 Å². The maximum absolute atomic E-state index is 5.96. The molecular formula is C15H24N2O. The summed E-state index contributed by atoms with van der Waals surface area (Å²) in [6.45, 7) is 7.43. The van der Waals surface area contributed by atoms with Crippen molar-refractivity contribution in [3.63, 3.8) is 0 Å². The van der Waals surface area contributed by atoms with Crippen LogP contribution in [-0.2, 0) is 0 Å². The largest absolute Gasteiger partial charge is 0.493 e. The van der Waals surface area contributed by atoms with E-state index in [-0.39, 0.29) is 0 Å². The zero-order chi connectivity index (χ0) is 13.0. The number of benzene rings is 1. The molecule has 0 spiro atoms. The van der Waals surface area contributed by atoms with Crippen LogP contribution >= 0.6 is 0 Å². The van der Waals surface area contributed by atoms with Gasteiger partial charge in [-0.3, -0.25) is 0 Å². The Hall–Kier alpha value is -1.38. The van der Waals surface area contributed by atoms with Crippen LogP contribution in [0.4, 0.5) is 11.4 Å². The molecule has 0 saturated carbocycles. The molecule has 0 aromatic heterocycles. The van der Waals surface area contributed by atoms with Gasteiger partial charge in [0, 0.05) is 36.6 Å². The average molecular weight is 248 g/mol. The van der Waals surface area contributed by atoms with Crippen LogP contribution in [0.2, 0.25) is 0 Å². The molecule has 1 fully saturated rings. The van der Waals surface area contributed by atoms with Gasteiger partial charge in [0.1, 0.15) is 5.75 Å². The van der Waals surface area contributed by atoms with Crippen LogP contribution in [0.15, 0.2) is 18.2 Å². The third-order valence-corrected chi connectivity index (χ3v) is 3.54. The molecule has 3 heteroatoms. The molecule has 100 valence electrons. The Labute approximate surface area is 110 Å². The Morgan fingerprint density at radius 1 is 1.28 bits per heavy atom. The second-order valence-corrected chi connectivity index (χ2v) is 5.28. The Balaban J connectivity index is 2.09. The summed E-state index contributed by atoms with van der Waals surface area (Å²) in [6.07, 6.45) is 3.55. The monoisotopic (exact) mass is 248 g/mol.